The number of hydrogen-bond acceptors (Lipinski definition) is 3. The monoisotopic (exact) mass is 260 g/mol. The first-order chi connectivity index (χ1) is 9.08. The first kappa shape index (κ1) is 15.0. The Hall–Kier alpha value is -2.02. The van der Waals surface area contributed by atoms with Crippen LogP contribution < -0.4 is 4.74 Å². The molecular formula is C15H20N2O2. The summed E-state index contributed by atoms with van der Waals surface area (Å²) in [6.07, 6.45) is 0.550. The van der Waals surface area contributed by atoms with Crippen molar-refractivity contribution in [2.75, 3.05) is 13.7 Å². The molecule has 1 aromatic rings. The molecule has 0 spiro atoms. The lowest BCUT2D eigenvalue weighted by molar-refractivity contribution is -0.130. The predicted octanol–water partition coefficient (Wildman–Crippen LogP) is 2.66. The Balaban J connectivity index is 2.64. The fourth-order valence-corrected chi connectivity index (χ4v) is 1.84. The van der Waals surface area contributed by atoms with Gasteiger partial charge in [-0.25, -0.2) is 0 Å². The van der Waals surface area contributed by atoms with Crippen molar-refractivity contribution < 1.29 is 9.53 Å². The van der Waals surface area contributed by atoms with Gasteiger partial charge in [-0.1, -0.05) is 12.1 Å². The zero-order valence-electron chi connectivity index (χ0n) is 11.8. The molecule has 4 heteroatoms. The van der Waals surface area contributed by atoms with Gasteiger partial charge in [0, 0.05) is 26.4 Å². The summed E-state index contributed by atoms with van der Waals surface area (Å²) < 4.78 is 5.48. The van der Waals surface area contributed by atoms with Crippen molar-refractivity contribution in [3.63, 3.8) is 0 Å². The molecule has 0 fully saturated rings. The van der Waals surface area contributed by atoms with Crippen molar-refractivity contribution in [3.8, 4) is 11.8 Å². The molecule has 0 saturated carbocycles. The Bertz CT molecular complexity index is 478. The van der Waals surface area contributed by atoms with E-state index in [1.807, 2.05) is 38.1 Å². The third-order valence-corrected chi connectivity index (χ3v) is 2.84. The van der Waals surface area contributed by atoms with Crippen LogP contribution in [0.1, 0.15) is 30.9 Å². The number of hydrogen-bond donors (Lipinski definition) is 0. The van der Waals surface area contributed by atoms with Crippen LogP contribution in [0, 0.1) is 18.3 Å². The summed E-state index contributed by atoms with van der Waals surface area (Å²) in [5.41, 5.74) is 2.13. The standard InChI is InChI=1S/C15H20N2O2/c1-4-19-14-8-7-13(10-12(14)2)11-17(3)15(18)6-5-9-16/h7-8,10H,4-6,11H2,1-3H3. The summed E-state index contributed by atoms with van der Waals surface area (Å²) in [6.45, 7) is 5.14. The maximum atomic E-state index is 11.7. The smallest absolute Gasteiger partial charge is 0.223 e. The normalized spacial score (nSPS) is 9.79. The van der Waals surface area contributed by atoms with Crippen molar-refractivity contribution in [3.05, 3.63) is 29.3 Å². The van der Waals surface area contributed by atoms with Crippen molar-refractivity contribution in [2.45, 2.75) is 33.2 Å². The lowest BCUT2D eigenvalue weighted by atomic mass is 10.1. The second kappa shape index (κ2) is 7.42. The van der Waals surface area contributed by atoms with E-state index >= 15 is 0 Å². The molecule has 0 radical (unpaired) electrons. The molecule has 0 aliphatic rings. The second-order valence-electron chi connectivity index (χ2n) is 4.44. The average Bonchev–Trinajstić information content (AvgIpc) is 2.39. The van der Waals surface area contributed by atoms with Gasteiger partial charge in [0.1, 0.15) is 5.75 Å². The second-order valence-corrected chi connectivity index (χ2v) is 4.44. The van der Waals surface area contributed by atoms with E-state index < -0.39 is 0 Å². The number of aryl methyl sites for hydroxylation is 1. The van der Waals surface area contributed by atoms with Gasteiger partial charge in [0.05, 0.1) is 12.7 Å². The summed E-state index contributed by atoms with van der Waals surface area (Å²) in [4.78, 5) is 13.4. The van der Waals surface area contributed by atoms with Gasteiger partial charge in [-0.15, -0.1) is 0 Å². The summed E-state index contributed by atoms with van der Waals surface area (Å²) in [6, 6.07) is 7.91. The Morgan fingerprint density at radius 1 is 1.47 bits per heavy atom. The van der Waals surface area contributed by atoms with E-state index in [0.717, 1.165) is 16.9 Å². The number of amides is 1. The zero-order valence-corrected chi connectivity index (χ0v) is 11.8. The van der Waals surface area contributed by atoms with Crippen LogP contribution in [0.5, 0.6) is 5.75 Å². The maximum Gasteiger partial charge on any atom is 0.223 e. The van der Waals surface area contributed by atoms with Gasteiger partial charge >= 0.3 is 0 Å². The molecule has 0 atom stereocenters. The van der Waals surface area contributed by atoms with E-state index in [1.165, 1.54) is 0 Å². The number of nitriles is 1. The van der Waals surface area contributed by atoms with E-state index in [9.17, 15) is 4.79 Å². The van der Waals surface area contributed by atoms with Gasteiger partial charge in [0.15, 0.2) is 0 Å². The maximum absolute atomic E-state index is 11.7. The molecular weight excluding hydrogens is 240 g/mol. The zero-order chi connectivity index (χ0) is 14.3. The molecule has 0 heterocycles. The topological polar surface area (TPSA) is 53.3 Å². The largest absolute Gasteiger partial charge is 0.494 e. The van der Waals surface area contributed by atoms with E-state index in [4.69, 9.17) is 10.00 Å². The van der Waals surface area contributed by atoms with Crippen LogP contribution in [0.25, 0.3) is 0 Å². The summed E-state index contributed by atoms with van der Waals surface area (Å²) in [5.74, 6) is 0.873. The summed E-state index contributed by atoms with van der Waals surface area (Å²) in [5, 5.41) is 8.47. The van der Waals surface area contributed by atoms with Gasteiger partial charge in [-0.3, -0.25) is 4.79 Å². The summed E-state index contributed by atoms with van der Waals surface area (Å²) in [7, 11) is 1.76. The molecule has 4 nitrogen and oxygen atoms in total. The van der Waals surface area contributed by atoms with Gasteiger partial charge in [-0.2, -0.15) is 5.26 Å². The predicted molar refractivity (Wildman–Crippen MR) is 73.7 cm³/mol. The first-order valence-electron chi connectivity index (χ1n) is 6.41. The van der Waals surface area contributed by atoms with Crippen molar-refractivity contribution in [2.24, 2.45) is 0 Å². The number of rotatable bonds is 6. The molecule has 1 rings (SSSR count). The van der Waals surface area contributed by atoms with E-state index in [-0.39, 0.29) is 18.7 Å². The highest BCUT2D eigenvalue weighted by molar-refractivity contribution is 5.76. The molecule has 0 unspecified atom stereocenters. The van der Waals surface area contributed by atoms with Gasteiger partial charge in [-0.05, 0) is 31.0 Å². The molecule has 0 aliphatic carbocycles. The van der Waals surface area contributed by atoms with Gasteiger partial charge in [0.25, 0.3) is 0 Å². The Morgan fingerprint density at radius 2 is 2.21 bits per heavy atom. The van der Waals surface area contributed by atoms with Crippen LogP contribution in [0.4, 0.5) is 0 Å². The van der Waals surface area contributed by atoms with E-state index in [0.29, 0.717) is 13.2 Å². The highest BCUT2D eigenvalue weighted by Gasteiger charge is 2.09. The van der Waals surface area contributed by atoms with Crippen LogP contribution in [0.3, 0.4) is 0 Å². The molecule has 1 amide bonds. The highest BCUT2D eigenvalue weighted by atomic mass is 16.5. The Kier molecular flexibility index (Phi) is 5.87. The van der Waals surface area contributed by atoms with Crippen LogP contribution in [-0.4, -0.2) is 24.5 Å². The third-order valence-electron chi connectivity index (χ3n) is 2.84. The molecule has 102 valence electrons. The van der Waals surface area contributed by atoms with Crippen molar-refractivity contribution >= 4 is 5.91 Å². The van der Waals surface area contributed by atoms with Crippen LogP contribution in [0.2, 0.25) is 0 Å². The van der Waals surface area contributed by atoms with Gasteiger partial charge < -0.3 is 9.64 Å². The van der Waals surface area contributed by atoms with Gasteiger partial charge in [0.2, 0.25) is 5.91 Å². The quantitative estimate of drug-likeness (QED) is 0.790. The molecule has 1 aromatic carbocycles. The molecule has 0 aromatic heterocycles. The van der Waals surface area contributed by atoms with Crippen LogP contribution >= 0.6 is 0 Å². The minimum absolute atomic E-state index is 0.00640. The number of nitrogens with zero attached hydrogens (tertiary/aromatic N) is 2. The molecule has 0 saturated heterocycles. The molecule has 0 aliphatic heterocycles. The third kappa shape index (κ3) is 4.63. The Labute approximate surface area is 114 Å². The van der Waals surface area contributed by atoms with E-state index in [1.54, 1.807) is 11.9 Å². The minimum atomic E-state index is -0.00640. The fraction of sp³-hybridized carbons (Fsp3) is 0.467. The Morgan fingerprint density at radius 3 is 2.79 bits per heavy atom. The van der Waals surface area contributed by atoms with Crippen molar-refractivity contribution in [1.82, 2.24) is 4.90 Å². The highest BCUT2D eigenvalue weighted by Crippen LogP contribution is 2.20. The molecule has 0 N–H and O–H groups in total. The summed E-state index contributed by atoms with van der Waals surface area (Å²) >= 11 is 0. The first-order valence-corrected chi connectivity index (χ1v) is 6.41. The molecule has 0 bridgehead atoms. The van der Waals surface area contributed by atoms with Crippen LogP contribution in [0.15, 0.2) is 18.2 Å². The number of carbonyl (C=O) groups excluding carboxylic acids is 1. The lowest BCUT2D eigenvalue weighted by Crippen LogP contribution is -2.25. The molecule has 19 heavy (non-hydrogen) atoms. The fourth-order valence-electron chi connectivity index (χ4n) is 1.84. The number of ether oxygens (including phenoxy) is 1. The van der Waals surface area contributed by atoms with Crippen molar-refractivity contribution in [1.29, 1.82) is 5.26 Å². The van der Waals surface area contributed by atoms with Crippen LogP contribution in [-0.2, 0) is 11.3 Å². The average molecular weight is 260 g/mol. The SMILES string of the molecule is CCOc1ccc(CN(C)C(=O)CCC#N)cc1C. The number of benzene rings is 1. The van der Waals surface area contributed by atoms with E-state index in [2.05, 4.69) is 0 Å². The minimum Gasteiger partial charge on any atom is -0.494 e. The lowest BCUT2D eigenvalue weighted by Gasteiger charge is -2.17. The number of carbonyl (C=O) groups is 1.